The highest BCUT2D eigenvalue weighted by molar-refractivity contribution is 6.46. The molecule has 1 unspecified atom stereocenters. The molecule has 0 aliphatic carbocycles. The summed E-state index contributed by atoms with van der Waals surface area (Å²) in [6, 6.07) is 17.1. The van der Waals surface area contributed by atoms with Crippen molar-refractivity contribution in [1.82, 2.24) is 9.88 Å². The van der Waals surface area contributed by atoms with Crippen molar-refractivity contribution in [1.29, 1.82) is 0 Å². The first-order valence-corrected chi connectivity index (χ1v) is 12.7. The Morgan fingerprint density at radius 3 is 2.43 bits per heavy atom. The van der Waals surface area contributed by atoms with Crippen LogP contribution < -0.4 is 9.47 Å². The number of aliphatic hydroxyl groups excluding tert-OH is 1. The molecule has 2 aromatic carbocycles. The van der Waals surface area contributed by atoms with Crippen LogP contribution in [0.4, 0.5) is 0 Å². The second-order valence-electron chi connectivity index (χ2n) is 8.94. The topological polar surface area (TPSA) is 89.0 Å². The molecule has 37 heavy (non-hydrogen) atoms. The van der Waals surface area contributed by atoms with Crippen molar-refractivity contribution in [3.05, 3.63) is 95.3 Å². The predicted octanol–water partition coefficient (Wildman–Crippen LogP) is 5.67. The number of likely N-dealkylation sites (tertiary alicyclic amines) is 1. The van der Waals surface area contributed by atoms with Crippen molar-refractivity contribution >= 4 is 17.4 Å². The molecule has 2 heterocycles. The lowest BCUT2D eigenvalue weighted by atomic mass is 9.95. The highest BCUT2D eigenvalue weighted by Gasteiger charge is 2.46. The quantitative estimate of drug-likeness (QED) is 0.158. The third-order valence-corrected chi connectivity index (χ3v) is 6.16. The summed E-state index contributed by atoms with van der Waals surface area (Å²) in [4.78, 5) is 32.2. The first-order valence-electron chi connectivity index (χ1n) is 12.7. The number of Topliss-reactive ketones (excluding diaryl/α,β-unsaturated/α-hetero) is 1. The Balaban J connectivity index is 1.75. The molecular formula is C30H32N2O5. The standard InChI is InChI=1S/C30H32N2O5/c1-3-5-17-37-24-13-11-22(12-14-24)28(33)26-27(23-9-6-10-25(18-23)36-16-4-2)32(30(35)29(26)34)20-21-8-7-15-31-19-21/h6-15,18-19,27,33H,3-5,16-17,20H2,1-2H3/b28-26-. The fourth-order valence-electron chi connectivity index (χ4n) is 4.27. The summed E-state index contributed by atoms with van der Waals surface area (Å²) in [5, 5.41) is 11.3. The smallest absolute Gasteiger partial charge is 0.295 e. The number of pyridine rings is 1. The molecule has 1 aliphatic heterocycles. The van der Waals surface area contributed by atoms with Gasteiger partial charge in [-0.3, -0.25) is 14.6 Å². The van der Waals surface area contributed by atoms with E-state index in [4.69, 9.17) is 9.47 Å². The van der Waals surface area contributed by atoms with Crippen molar-refractivity contribution in [2.75, 3.05) is 13.2 Å². The van der Waals surface area contributed by atoms with Gasteiger partial charge in [0.1, 0.15) is 17.3 Å². The van der Waals surface area contributed by atoms with E-state index in [0.29, 0.717) is 35.8 Å². The monoisotopic (exact) mass is 500 g/mol. The minimum absolute atomic E-state index is 0.0428. The van der Waals surface area contributed by atoms with Crippen molar-refractivity contribution < 1.29 is 24.2 Å². The number of amides is 1. The lowest BCUT2D eigenvalue weighted by Gasteiger charge is -2.25. The van der Waals surface area contributed by atoms with Gasteiger partial charge in [0.15, 0.2) is 0 Å². The minimum Gasteiger partial charge on any atom is -0.507 e. The maximum absolute atomic E-state index is 13.3. The van der Waals surface area contributed by atoms with E-state index in [1.807, 2.05) is 37.3 Å². The number of aromatic nitrogens is 1. The molecule has 0 spiro atoms. The SMILES string of the molecule is CCCCOc1ccc(/C(O)=C2/C(=O)C(=O)N(Cc3cccnc3)C2c2cccc(OCCC)c2)cc1. The van der Waals surface area contributed by atoms with Gasteiger partial charge in [-0.15, -0.1) is 0 Å². The molecule has 0 saturated carbocycles. The number of unbranched alkanes of at least 4 members (excludes halogenated alkanes) is 1. The first-order chi connectivity index (χ1) is 18.0. The lowest BCUT2D eigenvalue weighted by molar-refractivity contribution is -0.140. The Kier molecular flexibility index (Phi) is 8.56. The van der Waals surface area contributed by atoms with E-state index in [2.05, 4.69) is 11.9 Å². The van der Waals surface area contributed by atoms with Crippen LogP contribution in [0.5, 0.6) is 11.5 Å². The Labute approximate surface area is 217 Å². The van der Waals surface area contributed by atoms with E-state index < -0.39 is 17.7 Å². The predicted molar refractivity (Wildman–Crippen MR) is 141 cm³/mol. The van der Waals surface area contributed by atoms with Crippen molar-refractivity contribution in [2.24, 2.45) is 0 Å². The summed E-state index contributed by atoms with van der Waals surface area (Å²) in [5.74, 6) is -0.305. The third-order valence-electron chi connectivity index (χ3n) is 6.16. The van der Waals surface area contributed by atoms with Crippen LogP contribution in [0.15, 0.2) is 78.6 Å². The minimum atomic E-state index is -0.786. The Morgan fingerprint density at radius 2 is 1.73 bits per heavy atom. The number of carbonyl (C=O) groups is 2. The zero-order valence-corrected chi connectivity index (χ0v) is 21.2. The van der Waals surface area contributed by atoms with Gasteiger partial charge in [0, 0.05) is 24.5 Å². The second kappa shape index (κ2) is 12.2. The van der Waals surface area contributed by atoms with Gasteiger partial charge in [-0.2, -0.15) is 0 Å². The Hall–Kier alpha value is -4.13. The van der Waals surface area contributed by atoms with E-state index in [1.165, 1.54) is 4.90 Å². The van der Waals surface area contributed by atoms with E-state index in [-0.39, 0.29) is 17.9 Å². The zero-order chi connectivity index (χ0) is 26.2. The number of benzene rings is 2. The van der Waals surface area contributed by atoms with E-state index in [1.54, 1.807) is 42.7 Å². The van der Waals surface area contributed by atoms with E-state index >= 15 is 0 Å². The Morgan fingerprint density at radius 1 is 0.946 bits per heavy atom. The fourth-order valence-corrected chi connectivity index (χ4v) is 4.27. The molecule has 4 rings (SSSR count). The van der Waals surface area contributed by atoms with Gasteiger partial charge in [0.2, 0.25) is 0 Å². The maximum atomic E-state index is 13.3. The summed E-state index contributed by atoms with van der Waals surface area (Å²) >= 11 is 0. The Bertz CT molecular complexity index is 1250. The average molecular weight is 501 g/mol. The number of hydrogen-bond acceptors (Lipinski definition) is 6. The molecule has 0 bridgehead atoms. The third kappa shape index (κ3) is 6.00. The van der Waals surface area contributed by atoms with Gasteiger partial charge in [-0.05, 0) is 66.4 Å². The van der Waals surface area contributed by atoms with Crippen LogP contribution in [-0.4, -0.2) is 39.9 Å². The largest absolute Gasteiger partial charge is 0.507 e. The van der Waals surface area contributed by atoms with Crippen molar-refractivity contribution in [3.63, 3.8) is 0 Å². The molecule has 0 radical (unpaired) electrons. The van der Waals surface area contributed by atoms with Crippen LogP contribution in [0.2, 0.25) is 0 Å². The number of ether oxygens (including phenoxy) is 2. The molecule has 192 valence electrons. The zero-order valence-electron chi connectivity index (χ0n) is 21.2. The van der Waals surface area contributed by atoms with Gasteiger partial charge in [0.05, 0.1) is 24.8 Å². The molecule has 7 heteroatoms. The molecule has 1 amide bonds. The number of carbonyl (C=O) groups excluding carboxylic acids is 2. The molecular weight excluding hydrogens is 468 g/mol. The normalized spacial score (nSPS) is 16.7. The molecule has 7 nitrogen and oxygen atoms in total. The van der Waals surface area contributed by atoms with Crippen LogP contribution in [-0.2, 0) is 16.1 Å². The van der Waals surface area contributed by atoms with Gasteiger partial charge in [0.25, 0.3) is 11.7 Å². The van der Waals surface area contributed by atoms with Gasteiger partial charge in [-0.1, -0.05) is 38.5 Å². The number of hydrogen-bond donors (Lipinski definition) is 1. The van der Waals surface area contributed by atoms with Crippen molar-refractivity contribution in [3.8, 4) is 11.5 Å². The molecule has 1 aliphatic rings. The van der Waals surface area contributed by atoms with Crippen molar-refractivity contribution in [2.45, 2.75) is 45.7 Å². The average Bonchev–Trinajstić information content (AvgIpc) is 3.17. The van der Waals surface area contributed by atoms with Gasteiger partial charge in [-0.25, -0.2) is 0 Å². The number of ketones is 1. The highest BCUT2D eigenvalue weighted by atomic mass is 16.5. The molecule has 1 fully saturated rings. The van der Waals surface area contributed by atoms with Gasteiger partial charge < -0.3 is 19.5 Å². The van der Waals surface area contributed by atoms with Crippen LogP contribution in [0, 0.1) is 0 Å². The summed E-state index contributed by atoms with van der Waals surface area (Å²) < 4.78 is 11.5. The van der Waals surface area contributed by atoms with Gasteiger partial charge >= 0.3 is 0 Å². The van der Waals surface area contributed by atoms with Crippen LogP contribution >= 0.6 is 0 Å². The number of rotatable bonds is 11. The van der Waals surface area contributed by atoms with E-state index in [0.717, 1.165) is 24.8 Å². The summed E-state index contributed by atoms with van der Waals surface area (Å²) in [6.45, 7) is 5.44. The van der Waals surface area contributed by atoms with Crippen LogP contribution in [0.3, 0.4) is 0 Å². The van der Waals surface area contributed by atoms with Crippen LogP contribution in [0.25, 0.3) is 5.76 Å². The summed E-state index contributed by atoms with van der Waals surface area (Å²) in [6.07, 6.45) is 6.14. The summed E-state index contributed by atoms with van der Waals surface area (Å²) in [5.41, 5.74) is 1.94. The number of aliphatic hydroxyl groups is 1. The summed E-state index contributed by atoms with van der Waals surface area (Å²) in [7, 11) is 0. The van der Waals surface area contributed by atoms with Crippen LogP contribution in [0.1, 0.15) is 55.8 Å². The van der Waals surface area contributed by atoms with E-state index in [9.17, 15) is 14.7 Å². The fraction of sp³-hybridized carbons (Fsp3) is 0.300. The highest BCUT2D eigenvalue weighted by Crippen LogP contribution is 2.41. The molecule has 1 atom stereocenters. The lowest BCUT2D eigenvalue weighted by Crippen LogP contribution is -2.29. The molecule has 1 aromatic heterocycles. The first kappa shape index (κ1) is 25.9. The number of nitrogens with zero attached hydrogens (tertiary/aromatic N) is 2. The maximum Gasteiger partial charge on any atom is 0.295 e. The molecule has 3 aromatic rings. The molecule has 1 saturated heterocycles. The molecule has 1 N–H and O–H groups in total. The second-order valence-corrected chi connectivity index (χ2v) is 8.94.